The molecule has 0 bridgehead atoms. The van der Waals surface area contributed by atoms with Crippen LogP contribution in [0, 0.1) is 0 Å². The van der Waals surface area contributed by atoms with Gasteiger partial charge in [0.15, 0.2) is 5.76 Å². The monoisotopic (exact) mass is 442 g/mol. The van der Waals surface area contributed by atoms with Crippen LogP contribution in [0.5, 0.6) is 5.75 Å². The molecule has 1 aliphatic rings. The predicted molar refractivity (Wildman–Crippen MR) is 127 cm³/mol. The first-order valence-corrected chi connectivity index (χ1v) is 11.1. The van der Waals surface area contributed by atoms with E-state index >= 15 is 0 Å². The summed E-state index contributed by atoms with van der Waals surface area (Å²) in [5.74, 6) is 1.32. The van der Waals surface area contributed by atoms with E-state index in [0.717, 1.165) is 60.6 Å². The van der Waals surface area contributed by atoms with Crippen molar-refractivity contribution in [3.05, 3.63) is 95.9 Å². The highest BCUT2D eigenvalue weighted by Crippen LogP contribution is 2.22. The number of amides is 1. The van der Waals surface area contributed by atoms with Crippen LogP contribution in [0.4, 0.5) is 5.69 Å². The fraction of sp³-hybridized carbons (Fsp3) is 0.222. The Bertz CT molecular complexity index is 1240. The van der Waals surface area contributed by atoms with E-state index in [1.165, 1.54) is 0 Å². The number of nitrogens with zero attached hydrogens (tertiary/aromatic N) is 1. The van der Waals surface area contributed by atoms with Crippen molar-refractivity contribution in [3.63, 3.8) is 0 Å². The summed E-state index contributed by atoms with van der Waals surface area (Å²) in [6.07, 6.45) is 0. The van der Waals surface area contributed by atoms with Gasteiger partial charge in [-0.1, -0.05) is 42.5 Å². The molecule has 1 aliphatic heterocycles. The minimum atomic E-state index is -0.282. The van der Waals surface area contributed by atoms with Crippen LogP contribution < -0.4 is 10.1 Å². The molecule has 1 N–H and O–H groups in total. The molecule has 168 valence electrons. The minimum Gasteiger partial charge on any atom is -0.486 e. The van der Waals surface area contributed by atoms with Crippen molar-refractivity contribution in [2.75, 3.05) is 31.6 Å². The number of morpholine rings is 1. The second-order valence-corrected chi connectivity index (χ2v) is 8.11. The molecule has 1 fully saturated rings. The van der Waals surface area contributed by atoms with E-state index in [2.05, 4.69) is 22.3 Å². The number of rotatable bonds is 7. The molecule has 3 aromatic carbocycles. The molecule has 6 heteroatoms. The molecule has 0 atom stereocenters. The van der Waals surface area contributed by atoms with Gasteiger partial charge in [0.1, 0.15) is 18.1 Å². The molecule has 0 radical (unpaired) electrons. The van der Waals surface area contributed by atoms with Gasteiger partial charge < -0.3 is 19.2 Å². The maximum Gasteiger partial charge on any atom is 0.291 e. The molecule has 2 heterocycles. The van der Waals surface area contributed by atoms with Gasteiger partial charge >= 0.3 is 0 Å². The molecule has 4 aromatic rings. The van der Waals surface area contributed by atoms with Crippen molar-refractivity contribution in [1.82, 2.24) is 4.90 Å². The molecule has 1 amide bonds. The van der Waals surface area contributed by atoms with Crippen molar-refractivity contribution in [1.29, 1.82) is 0 Å². The van der Waals surface area contributed by atoms with Crippen LogP contribution in [-0.4, -0.2) is 37.1 Å². The number of benzene rings is 3. The fourth-order valence-electron chi connectivity index (χ4n) is 3.95. The Hall–Kier alpha value is -3.61. The third-order valence-corrected chi connectivity index (χ3v) is 5.68. The summed E-state index contributed by atoms with van der Waals surface area (Å²) in [5.41, 5.74) is 1.90. The fourth-order valence-corrected chi connectivity index (χ4v) is 3.95. The van der Waals surface area contributed by atoms with Crippen LogP contribution in [0.15, 0.2) is 83.3 Å². The van der Waals surface area contributed by atoms with Crippen molar-refractivity contribution < 1.29 is 18.7 Å². The minimum absolute atomic E-state index is 0.251. The van der Waals surface area contributed by atoms with Gasteiger partial charge in [0.2, 0.25) is 0 Å². The normalized spacial score (nSPS) is 14.3. The van der Waals surface area contributed by atoms with Crippen LogP contribution in [0.3, 0.4) is 0 Å². The predicted octanol–water partition coefficient (Wildman–Crippen LogP) is 5.10. The zero-order valence-corrected chi connectivity index (χ0v) is 18.3. The van der Waals surface area contributed by atoms with Gasteiger partial charge in [0.25, 0.3) is 5.91 Å². The molecule has 33 heavy (non-hydrogen) atoms. The van der Waals surface area contributed by atoms with Crippen LogP contribution in [0.1, 0.15) is 21.9 Å². The smallest absolute Gasteiger partial charge is 0.291 e. The van der Waals surface area contributed by atoms with Crippen LogP contribution in [0.25, 0.3) is 10.8 Å². The number of hydrogen-bond donors (Lipinski definition) is 1. The maximum atomic E-state index is 12.7. The molecule has 0 unspecified atom stereocenters. The average Bonchev–Trinajstić information content (AvgIpc) is 3.33. The highest BCUT2D eigenvalue weighted by atomic mass is 16.5. The Labute approximate surface area is 192 Å². The van der Waals surface area contributed by atoms with E-state index in [9.17, 15) is 4.79 Å². The summed E-state index contributed by atoms with van der Waals surface area (Å²) >= 11 is 0. The molecule has 6 nitrogen and oxygen atoms in total. The van der Waals surface area contributed by atoms with Crippen LogP contribution in [0.2, 0.25) is 0 Å². The van der Waals surface area contributed by atoms with Gasteiger partial charge in [-0.05, 0) is 52.7 Å². The summed E-state index contributed by atoms with van der Waals surface area (Å²) in [5, 5.41) is 5.21. The van der Waals surface area contributed by atoms with Crippen molar-refractivity contribution >= 4 is 22.4 Å². The Balaban J connectivity index is 1.18. The van der Waals surface area contributed by atoms with Crippen molar-refractivity contribution in [2.45, 2.75) is 13.2 Å². The quantitative estimate of drug-likeness (QED) is 0.432. The van der Waals surface area contributed by atoms with Gasteiger partial charge in [-0.15, -0.1) is 0 Å². The first-order chi connectivity index (χ1) is 16.2. The van der Waals surface area contributed by atoms with Crippen LogP contribution >= 0.6 is 0 Å². The molecule has 1 saturated heterocycles. The Kier molecular flexibility index (Phi) is 6.37. The third kappa shape index (κ3) is 5.42. The highest BCUT2D eigenvalue weighted by molar-refractivity contribution is 6.02. The van der Waals surface area contributed by atoms with Crippen molar-refractivity contribution in [2.24, 2.45) is 0 Å². The molecular weight excluding hydrogens is 416 g/mol. The zero-order valence-electron chi connectivity index (χ0n) is 18.3. The standard InChI is InChI=1S/C27H26N2O4/c30-27(28-23-7-3-4-20(16-23)18-29-12-14-31-15-13-29)26-11-10-25(33-26)19-32-24-9-8-21-5-1-2-6-22(21)17-24/h1-11,16-17H,12-15,18-19H2,(H,28,30). The van der Waals surface area contributed by atoms with E-state index in [-0.39, 0.29) is 18.3 Å². The number of furan rings is 1. The number of nitrogens with one attached hydrogen (secondary N) is 1. The number of carbonyl (C=O) groups is 1. The Morgan fingerprint density at radius 3 is 2.64 bits per heavy atom. The Morgan fingerprint density at radius 1 is 0.909 bits per heavy atom. The van der Waals surface area contributed by atoms with Gasteiger partial charge in [-0.2, -0.15) is 0 Å². The van der Waals surface area contributed by atoms with Crippen LogP contribution in [-0.2, 0) is 17.9 Å². The second kappa shape index (κ2) is 9.90. The van der Waals surface area contributed by atoms with E-state index in [1.807, 2.05) is 54.6 Å². The van der Waals surface area contributed by atoms with Gasteiger partial charge in [0.05, 0.1) is 13.2 Å². The SMILES string of the molecule is O=C(Nc1cccc(CN2CCOCC2)c1)c1ccc(COc2ccc3ccccc3c2)o1. The van der Waals surface area contributed by atoms with Crippen molar-refractivity contribution in [3.8, 4) is 5.75 Å². The number of carbonyl (C=O) groups excluding carboxylic acids is 1. The molecule has 5 rings (SSSR count). The summed E-state index contributed by atoms with van der Waals surface area (Å²) in [6.45, 7) is 4.47. The summed E-state index contributed by atoms with van der Waals surface area (Å²) in [4.78, 5) is 15.0. The van der Waals surface area contributed by atoms with E-state index in [0.29, 0.717) is 5.76 Å². The van der Waals surface area contributed by atoms with E-state index in [1.54, 1.807) is 12.1 Å². The lowest BCUT2D eigenvalue weighted by molar-refractivity contribution is 0.0342. The maximum absolute atomic E-state index is 12.7. The summed E-state index contributed by atoms with van der Waals surface area (Å²) in [7, 11) is 0. The third-order valence-electron chi connectivity index (χ3n) is 5.68. The largest absolute Gasteiger partial charge is 0.486 e. The highest BCUT2D eigenvalue weighted by Gasteiger charge is 2.14. The zero-order chi connectivity index (χ0) is 22.5. The van der Waals surface area contributed by atoms with E-state index in [4.69, 9.17) is 13.9 Å². The lowest BCUT2D eigenvalue weighted by Crippen LogP contribution is -2.35. The molecule has 0 aliphatic carbocycles. The number of fused-ring (bicyclic) bond motifs is 1. The van der Waals surface area contributed by atoms with Gasteiger partial charge in [0, 0.05) is 25.3 Å². The second-order valence-electron chi connectivity index (χ2n) is 8.11. The number of ether oxygens (including phenoxy) is 2. The molecular formula is C27H26N2O4. The number of anilines is 1. The van der Waals surface area contributed by atoms with E-state index < -0.39 is 0 Å². The molecule has 1 aromatic heterocycles. The lowest BCUT2D eigenvalue weighted by atomic mass is 10.1. The van der Waals surface area contributed by atoms with Gasteiger partial charge in [-0.25, -0.2) is 0 Å². The van der Waals surface area contributed by atoms with Gasteiger partial charge in [-0.3, -0.25) is 9.69 Å². The Morgan fingerprint density at radius 2 is 1.76 bits per heavy atom. The molecule has 0 saturated carbocycles. The summed E-state index contributed by atoms with van der Waals surface area (Å²) in [6, 6.07) is 25.4. The first-order valence-electron chi connectivity index (χ1n) is 11.1. The number of hydrogen-bond acceptors (Lipinski definition) is 5. The molecule has 0 spiro atoms. The summed E-state index contributed by atoms with van der Waals surface area (Å²) < 4.78 is 17.0. The first kappa shape index (κ1) is 21.2. The lowest BCUT2D eigenvalue weighted by Gasteiger charge is -2.26. The average molecular weight is 443 g/mol. The topological polar surface area (TPSA) is 63.9 Å².